The van der Waals surface area contributed by atoms with Crippen molar-refractivity contribution in [1.82, 2.24) is 4.90 Å². The van der Waals surface area contributed by atoms with Gasteiger partial charge in [-0.2, -0.15) is 0 Å². The molecule has 1 fully saturated rings. The van der Waals surface area contributed by atoms with Crippen LogP contribution in [0.2, 0.25) is 0 Å². The lowest BCUT2D eigenvalue weighted by Gasteiger charge is -2.29. The highest BCUT2D eigenvalue weighted by Gasteiger charge is 2.28. The number of ether oxygens (including phenoxy) is 2. The zero-order valence-corrected chi connectivity index (χ0v) is 16.9. The number of likely N-dealkylation sites (N-methyl/N-ethyl adjacent to an activating group) is 1. The summed E-state index contributed by atoms with van der Waals surface area (Å²) in [5, 5.41) is 0. The van der Waals surface area contributed by atoms with Crippen LogP contribution in [0.5, 0.6) is 11.5 Å². The number of aromatic nitrogens is 1. The van der Waals surface area contributed by atoms with E-state index in [2.05, 4.69) is 16.0 Å². The van der Waals surface area contributed by atoms with Crippen molar-refractivity contribution in [3.8, 4) is 11.5 Å². The number of anilines is 1. The van der Waals surface area contributed by atoms with Crippen LogP contribution in [0.25, 0.3) is 0 Å². The number of hydrogen-bond donors (Lipinski definition) is 1. The molecule has 1 saturated heterocycles. The molecule has 1 aliphatic heterocycles. The topological polar surface area (TPSA) is 60.6 Å². The summed E-state index contributed by atoms with van der Waals surface area (Å²) < 4.78 is 10.8. The molecule has 2 N–H and O–H groups in total. The fraction of sp³-hybridized carbons (Fsp3) is 0.429. The van der Waals surface area contributed by atoms with Gasteiger partial charge in [0.15, 0.2) is 18.0 Å². The molecular formula is C21H30N4O3+2. The summed E-state index contributed by atoms with van der Waals surface area (Å²) in [4.78, 5) is 21.4. The van der Waals surface area contributed by atoms with E-state index in [0.717, 1.165) is 37.6 Å². The van der Waals surface area contributed by atoms with Crippen LogP contribution >= 0.6 is 0 Å². The van der Waals surface area contributed by atoms with Gasteiger partial charge in [0.05, 0.1) is 20.4 Å². The van der Waals surface area contributed by atoms with Crippen molar-refractivity contribution < 1.29 is 24.2 Å². The van der Waals surface area contributed by atoms with Crippen molar-refractivity contribution in [3.63, 3.8) is 0 Å². The normalized spacial score (nSPS) is 14.6. The Balaban J connectivity index is 1.53. The van der Waals surface area contributed by atoms with E-state index >= 15 is 0 Å². The highest BCUT2D eigenvalue weighted by molar-refractivity contribution is 5.77. The zero-order valence-electron chi connectivity index (χ0n) is 16.9. The Bertz CT molecular complexity index is 776. The molecule has 0 aliphatic carbocycles. The number of para-hydroxylation sites is 1. The van der Waals surface area contributed by atoms with Crippen molar-refractivity contribution in [3.05, 3.63) is 48.2 Å². The number of hydrogen-bond acceptors (Lipinski definition) is 4. The van der Waals surface area contributed by atoms with Gasteiger partial charge in [-0.05, 0) is 12.1 Å². The highest BCUT2D eigenvalue weighted by atomic mass is 16.5. The Morgan fingerprint density at radius 1 is 1.14 bits per heavy atom. The van der Waals surface area contributed by atoms with Gasteiger partial charge in [0.2, 0.25) is 0 Å². The van der Waals surface area contributed by atoms with Crippen LogP contribution in [0.15, 0.2) is 42.6 Å². The molecule has 7 heteroatoms. The first-order valence-corrected chi connectivity index (χ1v) is 9.61. The van der Waals surface area contributed by atoms with Crippen LogP contribution in [0, 0.1) is 0 Å². The molecule has 150 valence electrons. The van der Waals surface area contributed by atoms with Crippen molar-refractivity contribution in [2.24, 2.45) is 0 Å². The summed E-state index contributed by atoms with van der Waals surface area (Å²) in [6.07, 6.45) is 1.94. The second-order valence-electron chi connectivity index (χ2n) is 7.06. The van der Waals surface area contributed by atoms with Gasteiger partial charge >= 0.3 is 0 Å². The first-order chi connectivity index (χ1) is 13.6. The van der Waals surface area contributed by atoms with Gasteiger partial charge < -0.3 is 19.3 Å². The number of rotatable bonds is 7. The molecule has 28 heavy (non-hydrogen) atoms. The van der Waals surface area contributed by atoms with E-state index in [-0.39, 0.29) is 5.91 Å². The van der Waals surface area contributed by atoms with E-state index < -0.39 is 0 Å². The summed E-state index contributed by atoms with van der Waals surface area (Å²) in [6, 6.07) is 11.9. The van der Waals surface area contributed by atoms with E-state index in [4.69, 9.17) is 9.47 Å². The maximum Gasteiger partial charge on any atom is 0.277 e. The van der Waals surface area contributed by atoms with Gasteiger partial charge in [-0.15, -0.1) is 0 Å². The summed E-state index contributed by atoms with van der Waals surface area (Å²) in [5.41, 5.74) is 0.942. The number of benzene rings is 1. The summed E-state index contributed by atoms with van der Waals surface area (Å²) in [6.45, 7) is 4.79. The number of methoxy groups -OCH3 is 2. The van der Waals surface area contributed by atoms with E-state index in [9.17, 15) is 4.79 Å². The number of quaternary nitrogens is 1. The third-order valence-electron chi connectivity index (χ3n) is 5.22. The molecule has 0 bridgehead atoms. The maximum absolute atomic E-state index is 12.7. The minimum absolute atomic E-state index is 0.139. The Morgan fingerprint density at radius 3 is 2.57 bits per heavy atom. The lowest BCUT2D eigenvalue weighted by atomic mass is 10.1. The van der Waals surface area contributed by atoms with E-state index in [1.54, 1.807) is 19.1 Å². The van der Waals surface area contributed by atoms with Crippen molar-refractivity contribution in [2.45, 2.75) is 6.54 Å². The second-order valence-corrected chi connectivity index (χ2v) is 7.06. The SMILES string of the molecule is COc1cccc(CN(C)C(=O)C[NH+]2CCN(c3cccc[nH+]3)CC2)c1OC. The molecule has 1 aromatic heterocycles. The first-order valence-electron chi connectivity index (χ1n) is 9.61. The van der Waals surface area contributed by atoms with E-state index in [1.807, 2.05) is 43.6 Å². The molecule has 0 atom stereocenters. The molecule has 7 nitrogen and oxygen atoms in total. The monoisotopic (exact) mass is 386 g/mol. The third kappa shape index (κ3) is 4.72. The average Bonchev–Trinajstić information content (AvgIpc) is 2.74. The van der Waals surface area contributed by atoms with Gasteiger partial charge in [0, 0.05) is 25.2 Å². The fourth-order valence-electron chi connectivity index (χ4n) is 3.59. The van der Waals surface area contributed by atoms with Crippen LogP contribution in [-0.4, -0.2) is 64.8 Å². The lowest BCUT2D eigenvalue weighted by Crippen LogP contribution is -3.15. The molecule has 3 rings (SSSR count). The molecule has 0 radical (unpaired) electrons. The standard InChI is InChI=1S/C21H28N4O3/c1-23(15-17-7-6-8-18(27-2)21(17)28-3)20(26)16-24-11-13-25(14-12-24)19-9-4-5-10-22-19/h4-10H,11-16H2,1-3H3/p+2. The number of carbonyl (C=O) groups is 1. The number of amides is 1. The predicted molar refractivity (Wildman–Crippen MR) is 107 cm³/mol. The van der Waals surface area contributed by atoms with Crippen LogP contribution in [-0.2, 0) is 11.3 Å². The van der Waals surface area contributed by atoms with Gasteiger partial charge in [0.1, 0.15) is 26.2 Å². The summed E-state index contributed by atoms with van der Waals surface area (Å²) >= 11 is 0. The molecular weight excluding hydrogens is 356 g/mol. The predicted octanol–water partition coefficient (Wildman–Crippen LogP) is -0.119. The minimum atomic E-state index is 0.139. The minimum Gasteiger partial charge on any atom is -0.493 e. The van der Waals surface area contributed by atoms with Gasteiger partial charge in [-0.25, -0.2) is 4.98 Å². The van der Waals surface area contributed by atoms with Gasteiger partial charge in [-0.1, -0.05) is 18.2 Å². The number of pyridine rings is 1. The molecule has 2 aromatic rings. The van der Waals surface area contributed by atoms with Crippen LogP contribution in [0.3, 0.4) is 0 Å². The Kier molecular flexibility index (Phi) is 6.71. The lowest BCUT2D eigenvalue weighted by molar-refractivity contribution is -0.892. The van der Waals surface area contributed by atoms with Crippen molar-refractivity contribution >= 4 is 11.7 Å². The number of nitrogens with one attached hydrogen (secondary N) is 2. The Morgan fingerprint density at radius 2 is 1.93 bits per heavy atom. The number of H-pyrrole nitrogens is 1. The largest absolute Gasteiger partial charge is 0.493 e. The van der Waals surface area contributed by atoms with Crippen molar-refractivity contribution in [2.75, 3.05) is 58.9 Å². The Labute approximate surface area is 166 Å². The molecule has 1 aromatic carbocycles. The van der Waals surface area contributed by atoms with E-state index in [1.165, 1.54) is 4.90 Å². The van der Waals surface area contributed by atoms with E-state index in [0.29, 0.717) is 24.6 Å². The smallest absolute Gasteiger partial charge is 0.277 e. The maximum atomic E-state index is 12.7. The molecule has 1 aliphatic rings. The summed E-state index contributed by atoms with van der Waals surface area (Å²) in [5.74, 6) is 2.64. The molecule has 0 spiro atoms. The van der Waals surface area contributed by atoms with Crippen LogP contribution in [0.4, 0.5) is 5.82 Å². The number of carbonyl (C=O) groups excluding carboxylic acids is 1. The van der Waals surface area contributed by atoms with Crippen LogP contribution in [0.1, 0.15) is 5.56 Å². The van der Waals surface area contributed by atoms with Gasteiger partial charge in [-0.3, -0.25) is 9.69 Å². The second kappa shape index (κ2) is 9.41. The van der Waals surface area contributed by atoms with Gasteiger partial charge in [0.25, 0.3) is 11.7 Å². The van der Waals surface area contributed by atoms with Crippen molar-refractivity contribution in [1.29, 1.82) is 0 Å². The quantitative estimate of drug-likeness (QED) is 0.721. The van der Waals surface area contributed by atoms with Crippen LogP contribution < -0.4 is 24.3 Å². The average molecular weight is 386 g/mol. The zero-order chi connectivity index (χ0) is 19.9. The number of nitrogens with zero attached hydrogens (tertiary/aromatic N) is 2. The fourth-order valence-corrected chi connectivity index (χ4v) is 3.59. The molecule has 0 saturated carbocycles. The molecule has 1 amide bonds. The first kappa shape index (κ1) is 19.9. The number of piperazine rings is 1. The summed E-state index contributed by atoms with van der Waals surface area (Å²) in [7, 11) is 5.08. The third-order valence-corrected chi connectivity index (χ3v) is 5.22. The number of aromatic amines is 1. The highest BCUT2D eigenvalue weighted by Crippen LogP contribution is 2.31. The molecule has 0 unspecified atom stereocenters. The Hall–Kier alpha value is -2.80. The molecule has 2 heterocycles.